The van der Waals surface area contributed by atoms with Crippen LogP contribution in [0, 0.1) is 0 Å². The molecule has 0 amide bonds. The van der Waals surface area contributed by atoms with Crippen LogP contribution in [0.15, 0.2) is 77.7 Å². The molecule has 170 valence electrons. The third-order valence-electron chi connectivity index (χ3n) is 5.65. The number of nitrogens with zero attached hydrogens (tertiary/aromatic N) is 6. The first-order valence-electron chi connectivity index (χ1n) is 11.0. The monoisotopic (exact) mass is 471 g/mol. The van der Waals surface area contributed by atoms with Crippen molar-refractivity contribution < 1.29 is 0 Å². The van der Waals surface area contributed by atoms with Gasteiger partial charge < -0.3 is 0 Å². The van der Waals surface area contributed by atoms with E-state index < -0.39 is 0 Å². The van der Waals surface area contributed by atoms with Gasteiger partial charge in [-0.1, -0.05) is 67.4 Å². The maximum absolute atomic E-state index is 13.4. The lowest BCUT2D eigenvalue weighted by Gasteiger charge is -2.09. The van der Waals surface area contributed by atoms with E-state index in [1.807, 2.05) is 66.7 Å². The number of hydrogen-bond donors (Lipinski definition) is 1. The number of halogens is 1. The van der Waals surface area contributed by atoms with Gasteiger partial charge in [0.25, 0.3) is 0 Å². The van der Waals surface area contributed by atoms with Gasteiger partial charge in [0.1, 0.15) is 5.15 Å². The average Bonchev–Trinajstić information content (AvgIpc) is 3.49. The highest BCUT2D eigenvalue weighted by atomic mass is 35.5. The number of imidazole rings is 1. The Kier molecular flexibility index (Phi) is 6.05. The van der Waals surface area contributed by atoms with E-state index in [9.17, 15) is 4.79 Å². The molecule has 0 saturated heterocycles. The SMILES string of the molecule is CCCc1c(Cl)n(-c2ccccc2)c(=O)n1Cc1ccc(-c2ncccc2-c2nn[nH]n2)cc1. The van der Waals surface area contributed by atoms with Crippen molar-refractivity contribution in [3.05, 3.63) is 99.8 Å². The van der Waals surface area contributed by atoms with Crippen molar-refractivity contribution in [3.8, 4) is 28.3 Å². The Morgan fingerprint density at radius 3 is 2.50 bits per heavy atom. The van der Waals surface area contributed by atoms with E-state index in [4.69, 9.17) is 11.6 Å². The molecule has 0 fully saturated rings. The molecule has 5 rings (SSSR count). The van der Waals surface area contributed by atoms with Crippen molar-refractivity contribution in [2.75, 3.05) is 0 Å². The highest BCUT2D eigenvalue weighted by Crippen LogP contribution is 2.28. The lowest BCUT2D eigenvalue weighted by Crippen LogP contribution is -2.24. The minimum atomic E-state index is -0.146. The molecule has 2 aromatic carbocycles. The van der Waals surface area contributed by atoms with Crippen molar-refractivity contribution >= 4 is 11.6 Å². The first-order valence-corrected chi connectivity index (χ1v) is 11.4. The summed E-state index contributed by atoms with van der Waals surface area (Å²) in [5, 5.41) is 14.7. The second-order valence-corrected chi connectivity index (χ2v) is 8.22. The summed E-state index contributed by atoms with van der Waals surface area (Å²) in [5.41, 5.74) is 4.91. The summed E-state index contributed by atoms with van der Waals surface area (Å²) in [7, 11) is 0. The second kappa shape index (κ2) is 9.44. The van der Waals surface area contributed by atoms with E-state index in [1.165, 1.54) is 0 Å². The fourth-order valence-electron chi connectivity index (χ4n) is 4.04. The maximum atomic E-state index is 13.4. The number of aromatic nitrogens is 7. The van der Waals surface area contributed by atoms with Crippen molar-refractivity contribution in [1.29, 1.82) is 0 Å². The molecule has 0 aliphatic heterocycles. The van der Waals surface area contributed by atoms with Crippen LogP contribution in [0.2, 0.25) is 5.15 Å². The summed E-state index contributed by atoms with van der Waals surface area (Å²) in [4.78, 5) is 17.9. The third kappa shape index (κ3) is 4.04. The molecule has 0 atom stereocenters. The minimum absolute atomic E-state index is 0.146. The van der Waals surface area contributed by atoms with Crippen LogP contribution in [0.5, 0.6) is 0 Å². The number of pyridine rings is 1. The van der Waals surface area contributed by atoms with E-state index in [0.717, 1.165) is 40.2 Å². The minimum Gasteiger partial charge on any atom is -0.290 e. The zero-order valence-electron chi connectivity index (χ0n) is 18.5. The molecule has 3 aromatic heterocycles. The average molecular weight is 472 g/mol. The van der Waals surface area contributed by atoms with E-state index in [2.05, 4.69) is 32.5 Å². The molecule has 0 saturated carbocycles. The summed E-state index contributed by atoms with van der Waals surface area (Å²) < 4.78 is 3.34. The molecule has 0 spiro atoms. The van der Waals surface area contributed by atoms with Crippen LogP contribution in [0.3, 0.4) is 0 Å². The first kappa shape index (κ1) is 21.8. The molecule has 1 N–H and O–H groups in total. The third-order valence-corrected chi connectivity index (χ3v) is 6.03. The number of benzene rings is 2. The van der Waals surface area contributed by atoms with Crippen LogP contribution in [0.1, 0.15) is 24.6 Å². The van der Waals surface area contributed by atoms with E-state index in [0.29, 0.717) is 23.9 Å². The van der Waals surface area contributed by atoms with Crippen molar-refractivity contribution in [3.63, 3.8) is 0 Å². The zero-order chi connectivity index (χ0) is 23.5. The Bertz CT molecular complexity index is 1460. The van der Waals surface area contributed by atoms with Gasteiger partial charge >= 0.3 is 5.69 Å². The Hall–Kier alpha value is -4.04. The molecule has 3 heterocycles. The van der Waals surface area contributed by atoms with Crippen LogP contribution >= 0.6 is 11.6 Å². The Morgan fingerprint density at radius 1 is 1.00 bits per heavy atom. The van der Waals surface area contributed by atoms with E-state index >= 15 is 0 Å². The van der Waals surface area contributed by atoms with Crippen LogP contribution in [-0.4, -0.2) is 34.7 Å². The molecular formula is C25H22ClN7O. The predicted octanol–water partition coefficient (Wildman–Crippen LogP) is 4.54. The van der Waals surface area contributed by atoms with Crippen molar-refractivity contribution in [1.82, 2.24) is 34.7 Å². The number of aromatic amines is 1. The fraction of sp³-hybridized carbons (Fsp3) is 0.160. The number of rotatable bonds is 7. The number of tetrazole rings is 1. The number of nitrogens with one attached hydrogen (secondary N) is 1. The van der Waals surface area contributed by atoms with Crippen molar-refractivity contribution in [2.24, 2.45) is 0 Å². The number of H-pyrrole nitrogens is 1. The van der Waals surface area contributed by atoms with Crippen LogP contribution < -0.4 is 5.69 Å². The highest BCUT2D eigenvalue weighted by Gasteiger charge is 2.19. The molecule has 34 heavy (non-hydrogen) atoms. The maximum Gasteiger partial charge on any atom is 0.334 e. The first-order chi connectivity index (χ1) is 16.7. The molecule has 5 aromatic rings. The zero-order valence-corrected chi connectivity index (χ0v) is 19.3. The Balaban J connectivity index is 1.50. The summed E-state index contributed by atoms with van der Waals surface area (Å²) in [6.07, 6.45) is 3.33. The Labute approximate surface area is 200 Å². The highest BCUT2D eigenvalue weighted by molar-refractivity contribution is 6.30. The van der Waals surface area contributed by atoms with Gasteiger partial charge in [0.2, 0.25) is 5.82 Å². The van der Waals surface area contributed by atoms with Crippen molar-refractivity contribution in [2.45, 2.75) is 26.3 Å². The second-order valence-electron chi connectivity index (χ2n) is 7.86. The summed E-state index contributed by atoms with van der Waals surface area (Å²) in [6.45, 7) is 2.50. The predicted molar refractivity (Wildman–Crippen MR) is 131 cm³/mol. The molecular weight excluding hydrogens is 450 g/mol. The van der Waals surface area contributed by atoms with Crippen LogP contribution in [0.4, 0.5) is 0 Å². The molecule has 8 nitrogen and oxygen atoms in total. The summed E-state index contributed by atoms with van der Waals surface area (Å²) in [6, 6.07) is 21.2. The molecule has 0 radical (unpaired) electrons. The van der Waals surface area contributed by atoms with Gasteiger partial charge in [-0.3, -0.25) is 14.1 Å². The quantitative estimate of drug-likeness (QED) is 0.376. The van der Waals surface area contributed by atoms with Gasteiger partial charge in [-0.2, -0.15) is 5.21 Å². The lowest BCUT2D eigenvalue weighted by atomic mass is 10.0. The molecule has 9 heteroatoms. The van der Waals surface area contributed by atoms with Crippen LogP contribution in [-0.2, 0) is 13.0 Å². The van der Waals surface area contributed by atoms with Gasteiger partial charge in [0, 0.05) is 17.3 Å². The smallest absolute Gasteiger partial charge is 0.290 e. The summed E-state index contributed by atoms with van der Waals surface area (Å²) >= 11 is 6.70. The molecule has 0 unspecified atom stereocenters. The number of hydrogen-bond acceptors (Lipinski definition) is 5. The van der Waals surface area contributed by atoms with Gasteiger partial charge in [-0.25, -0.2) is 4.79 Å². The van der Waals surface area contributed by atoms with Gasteiger partial charge in [0.05, 0.1) is 23.6 Å². The topological polar surface area (TPSA) is 94.3 Å². The molecule has 0 aliphatic rings. The standard InChI is InChI=1S/C25H22ClN7O/c1-2-7-21-23(26)33(19-8-4-3-5-9-19)25(34)32(21)16-17-11-13-18(14-12-17)22-20(10-6-15-27-22)24-28-30-31-29-24/h3-6,8-15H,2,7,16H2,1H3,(H,28,29,30,31). The molecule has 0 bridgehead atoms. The fourth-order valence-corrected chi connectivity index (χ4v) is 4.41. The lowest BCUT2D eigenvalue weighted by molar-refractivity contribution is 0.691. The van der Waals surface area contributed by atoms with Gasteiger partial charge in [-0.05, 0) is 41.5 Å². The summed E-state index contributed by atoms with van der Waals surface area (Å²) in [5.74, 6) is 0.486. The van der Waals surface area contributed by atoms with Gasteiger partial charge in [-0.15, -0.1) is 10.2 Å². The van der Waals surface area contributed by atoms with Crippen LogP contribution in [0.25, 0.3) is 28.3 Å². The normalized spacial score (nSPS) is 11.1. The van der Waals surface area contributed by atoms with E-state index in [-0.39, 0.29) is 5.69 Å². The number of para-hydroxylation sites is 1. The van der Waals surface area contributed by atoms with Gasteiger partial charge in [0.15, 0.2) is 0 Å². The Morgan fingerprint density at radius 2 is 1.79 bits per heavy atom. The van der Waals surface area contributed by atoms with E-state index in [1.54, 1.807) is 15.3 Å². The molecule has 0 aliphatic carbocycles. The largest absolute Gasteiger partial charge is 0.334 e.